The molecule has 1 aliphatic carbocycles. The molecule has 1 unspecified atom stereocenters. The van der Waals surface area contributed by atoms with Gasteiger partial charge in [0.15, 0.2) is 0 Å². The van der Waals surface area contributed by atoms with Crippen molar-refractivity contribution in [1.29, 1.82) is 0 Å². The highest BCUT2D eigenvalue weighted by Gasteiger charge is 2.29. The number of carbonyl (C=O) groups is 1. The quantitative estimate of drug-likeness (QED) is 0.646. The number of carbonyl (C=O) groups excluding carboxylic acids is 1. The number of ketones is 1. The zero-order valence-corrected chi connectivity index (χ0v) is 7.53. The molecule has 0 amide bonds. The van der Waals surface area contributed by atoms with Crippen molar-refractivity contribution in [2.24, 2.45) is 5.92 Å². The lowest BCUT2D eigenvalue weighted by atomic mass is 10.1. The zero-order chi connectivity index (χ0) is 7.68. The van der Waals surface area contributed by atoms with Crippen LogP contribution in [0.5, 0.6) is 0 Å². The van der Waals surface area contributed by atoms with Gasteiger partial charge in [0, 0.05) is 6.42 Å². The van der Waals surface area contributed by atoms with Gasteiger partial charge in [-0.3, -0.25) is 4.79 Å². The molecule has 1 nitrogen and oxygen atoms in total. The van der Waals surface area contributed by atoms with Crippen molar-refractivity contribution in [2.45, 2.75) is 37.4 Å². The van der Waals surface area contributed by atoms with Gasteiger partial charge in [-0.15, -0.1) is 0 Å². The third-order valence-electron chi connectivity index (χ3n) is 2.48. The summed E-state index contributed by atoms with van der Waals surface area (Å²) in [6.45, 7) is 0. The predicted molar refractivity (Wildman–Crippen MR) is 47.8 cm³/mol. The lowest BCUT2D eigenvalue weighted by Gasteiger charge is -2.04. The van der Waals surface area contributed by atoms with E-state index in [0.29, 0.717) is 11.0 Å². The Hall–Kier alpha value is 0.0200. The smallest absolute Gasteiger partial charge is 0.146 e. The van der Waals surface area contributed by atoms with Crippen molar-refractivity contribution >= 4 is 17.5 Å². The lowest BCUT2D eigenvalue weighted by Crippen LogP contribution is -2.13. The summed E-state index contributed by atoms with van der Waals surface area (Å²) in [5.74, 6) is 2.53. The van der Waals surface area contributed by atoms with Crippen molar-refractivity contribution in [2.75, 3.05) is 5.75 Å². The van der Waals surface area contributed by atoms with Crippen molar-refractivity contribution in [1.82, 2.24) is 0 Å². The molecule has 0 aromatic rings. The van der Waals surface area contributed by atoms with Gasteiger partial charge in [-0.2, -0.15) is 11.8 Å². The number of hydrogen-bond acceptors (Lipinski definition) is 2. The van der Waals surface area contributed by atoms with Crippen LogP contribution in [-0.2, 0) is 4.79 Å². The summed E-state index contributed by atoms with van der Waals surface area (Å²) in [6.07, 6.45) is 5.91. The van der Waals surface area contributed by atoms with Crippen LogP contribution in [0.4, 0.5) is 0 Å². The Morgan fingerprint density at radius 1 is 1.36 bits per heavy atom. The lowest BCUT2D eigenvalue weighted by molar-refractivity contribution is -0.118. The van der Waals surface area contributed by atoms with Gasteiger partial charge in [-0.05, 0) is 37.4 Å². The first kappa shape index (κ1) is 7.66. The van der Waals surface area contributed by atoms with E-state index < -0.39 is 0 Å². The molecule has 1 aliphatic heterocycles. The van der Waals surface area contributed by atoms with Gasteiger partial charge < -0.3 is 0 Å². The molecule has 0 radical (unpaired) electrons. The molecule has 2 heteroatoms. The highest BCUT2D eigenvalue weighted by Crippen LogP contribution is 2.36. The van der Waals surface area contributed by atoms with Gasteiger partial charge in [0.1, 0.15) is 5.78 Å². The molecule has 1 saturated carbocycles. The Bertz CT molecular complexity index is 157. The van der Waals surface area contributed by atoms with Gasteiger partial charge in [0.05, 0.1) is 5.25 Å². The van der Waals surface area contributed by atoms with Gasteiger partial charge in [-0.25, -0.2) is 0 Å². The van der Waals surface area contributed by atoms with E-state index >= 15 is 0 Å². The number of hydrogen-bond donors (Lipinski definition) is 0. The average Bonchev–Trinajstić information content (AvgIpc) is 2.67. The molecule has 0 N–H and O–H groups in total. The molecule has 1 atom stereocenters. The van der Waals surface area contributed by atoms with Crippen molar-refractivity contribution in [3.05, 3.63) is 0 Å². The Labute approximate surface area is 71.9 Å². The Morgan fingerprint density at radius 2 is 2.18 bits per heavy atom. The van der Waals surface area contributed by atoms with E-state index in [1.807, 2.05) is 11.8 Å². The molecule has 0 spiro atoms. The second-order valence-electron chi connectivity index (χ2n) is 3.62. The SMILES string of the molecule is O=C(CC1CC1)C1CCCS1. The molecular weight excluding hydrogens is 156 g/mol. The largest absolute Gasteiger partial charge is 0.298 e. The van der Waals surface area contributed by atoms with Gasteiger partial charge in [0.25, 0.3) is 0 Å². The molecule has 2 aliphatic rings. The van der Waals surface area contributed by atoms with E-state index in [2.05, 4.69) is 0 Å². The molecule has 2 rings (SSSR count). The second-order valence-corrected chi connectivity index (χ2v) is 4.93. The molecule has 0 bridgehead atoms. The van der Waals surface area contributed by atoms with E-state index in [4.69, 9.17) is 0 Å². The minimum atomic E-state index is 0.385. The first-order valence-corrected chi connectivity index (χ1v) is 5.55. The Kier molecular flexibility index (Phi) is 2.21. The maximum absolute atomic E-state index is 11.5. The van der Waals surface area contributed by atoms with E-state index in [9.17, 15) is 4.79 Å². The topological polar surface area (TPSA) is 17.1 Å². The Morgan fingerprint density at radius 3 is 2.73 bits per heavy atom. The van der Waals surface area contributed by atoms with Crippen LogP contribution in [0.1, 0.15) is 32.1 Å². The normalized spacial score (nSPS) is 30.7. The van der Waals surface area contributed by atoms with E-state index in [1.54, 1.807) is 0 Å². The van der Waals surface area contributed by atoms with Crippen LogP contribution >= 0.6 is 11.8 Å². The molecule has 62 valence electrons. The first-order chi connectivity index (χ1) is 5.36. The molecule has 2 fully saturated rings. The summed E-state index contributed by atoms with van der Waals surface area (Å²) in [5.41, 5.74) is 0. The summed E-state index contributed by atoms with van der Waals surface area (Å²) in [6, 6.07) is 0. The van der Waals surface area contributed by atoms with Crippen molar-refractivity contribution in [3.63, 3.8) is 0 Å². The fourth-order valence-corrected chi connectivity index (χ4v) is 2.80. The molecule has 1 saturated heterocycles. The molecule has 0 aromatic heterocycles. The molecule has 1 heterocycles. The first-order valence-electron chi connectivity index (χ1n) is 4.50. The van der Waals surface area contributed by atoms with E-state index in [1.165, 1.54) is 25.0 Å². The molecule has 11 heavy (non-hydrogen) atoms. The maximum atomic E-state index is 11.5. The third-order valence-corrected chi connectivity index (χ3v) is 3.90. The summed E-state index contributed by atoms with van der Waals surface area (Å²) in [5, 5.41) is 0.385. The monoisotopic (exact) mass is 170 g/mol. The highest BCUT2D eigenvalue weighted by atomic mass is 32.2. The van der Waals surface area contributed by atoms with Crippen LogP contribution in [0, 0.1) is 5.92 Å². The van der Waals surface area contributed by atoms with E-state index in [-0.39, 0.29) is 0 Å². The van der Waals surface area contributed by atoms with Crippen LogP contribution < -0.4 is 0 Å². The van der Waals surface area contributed by atoms with Crippen LogP contribution in [0.25, 0.3) is 0 Å². The molecule has 0 aromatic carbocycles. The number of Topliss-reactive ketones (excluding diaryl/α,β-unsaturated/α-hetero) is 1. The fourth-order valence-electron chi connectivity index (χ4n) is 1.57. The average molecular weight is 170 g/mol. The van der Waals surface area contributed by atoms with Gasteiger partial charge in [-0.1, -0.05) is 0 Å². The predicted octanol–water partition coefficient (Wildman–Crippen LogP) is 2.25. The van der Waals surface area contributed by atoms with Crippen molar-refractivity contribution in [3.8, 4) is 0 Å². The minimum absolute atomic E-state index is 0.385. The van der Waals surface area contributed by atoms with E-state index in [0.717, 1.165) is 18.8 Å². The van der Waals surface area contributed by atoms with Crippen LogP contribution in [0.3, 0.4) is 0 Å². The standard InChI is InChI=1S/C9H14OS/c10-8(6-7-3-4-7)9-2-1-5-11-9/h7,9H,1-6H2. The van der Waals surface area contributed by atoms with Gasteiger partial charge >= 0.3 is 0 Å². The second kappa shape index (κ2) is 3.18. The summed E-state index contributed by atoms with van der Waals surface area (Å²) >= 11 is 1.87. The summed E-state index contributed by atoms with van der Waals surface area (Å²) in [4.78, 5) is 11.5. The summed E-state index contributed by atoms with van der Waals surface area (Å²) < 4.78 is 0. The van der Waals surface area contributed by atoms with Gasteiger partial charge in [0.2, 0.25) is 0 Å². The highest BCUT2D eigenvalue weighted by molar-refractivity contribution is 8.00. The summed E-state index contributed by atoms with van der Waals surface area (Å²) in [7, 11) is 0. The Balaban J connectivity index is 1.77. The zero-order valence-electron chi connectivity index (χ0n) is 6.71. The third kappa shape index (κ3) is 1.98. The minimum Gasteiger partial charge on any atom is -0.298 e. The van der Waals surface area contributed by atoms with Crippen molar-refractivity contribution < 1.29 is 4.79 Å². The molecular formula is C9H14OS. The fraction of sp³-hybridized carbons (Fsp3) is 0.889. The maximum Gasteiger partial charge on any atom is 0.146 e. The van der Waals surface area contributed by atoms with Crippen LogP contribution in [-0.4, -0.2) is 16.8 Å². The number of rotatable bonds is 3. The number of thioether (sulfide) groups is 1. The van der Waals surface area contributed by atoms with Crippen LogP contribution in [0.2, 0.25) is 0 Å². The van der Waals surface area contributed by atoms with Crippen LogP contribution in [0.15, 0.2) is 0 Å².